The van der Waals surface area contributed by atoms with Crippen molar-refractivity contribution in [3.63, 3.8) is 0 Å². The monoisotopic (exact) mass is 562 g/mol. The van der Waals surface area contributed by atoms with E-state index in [2.05, 4.69) is 6.07 Å². The summed E-state index contributed by atoms with van der Waals surface area (Å²) in [6.07, 6.45) is 0. The summed E-state index contributed by atoms with van der Waals surface area (Å²) in [4.78, 5) is 26.3. The Morgan fingerprint density at radius 3 is 1.50 bits per heavy atom. The van der Waals surface area contributed by atoms with Gasteiger partial charge in [0.1, 0.15) is 0 Å². The van der Waals surface area contributed by atoms with Crippen LogP contribution >= 0.6 is 0 Å². The molecule has 0 aromatic heterocycles. The summed E-state index contributed by atoms with van der Waals surface area (Å²) in [7, 11) is 0. The maximum Gasteiger partial charge on any atom is 0.344 e. The molecule has 0 heterocycles. The Bertz CT molecular complexity index is 2020. The fourth-order valence-electron chi connectivity index (χ4n) is 5.43. The molecule has 0 amide bonds. The summed E-state index contributed by atoms with van der Waals surface area (Å²) in [6.45, 7) is 0. The topological polar surface area (TPSA) is 52.6 Å². The summed E-state index contributed by atoms with van der Waals surface area (Å²) < 4.78 is 66.8. The first-order chi connectivity index (χ1) is 20.3. The number of carbonyl (C=O) groups is 2. The van der Waals surface area contributed by atoms with Crippen LogP contribution in [0.5, 0.6) is 11.5 Å². The summed E-state index contributed by atoms with van der Waals surface area (Å²) in [5.41, 5.74) is 0.194. The van der Waals surface area contributed by atoms with Gasteiger partial charge in [0.2, 0.25) is 17.3 Å². The van der Waals surface area contributed by atoms with E-state index in [-0.39, 0.29) is 11.1 Å². The molecule has 0 saturated carbocycles. The van der Waals surface area contributed by atoms with Crippen molar-refractivity contribution in [3.05, 3.63) is 131 Å². The van der Waals surface area contributed by atoms with Crippen LogP contribution in [0.15, 0.2) is 84.9 Å². The van der Waals surface area contributed by atoms with Crippen molar-refractivity contribution in [1.29, 1.82) is 0 Å². The Hall–Kier alpha value is -5.68. The number of hydrogen-bond acceptors (Lipinski definition) is 4. The Morgan fingerprint density at radius 1 is 0.524 bits per heavy atom. The van der Waals surface area contributed by atoms with E-state index in [1.165, 1.54) is 18.2 Å². The van der Waals surface area contributed by atoms with Crippen LogP contribution in [0.25, 0.3) is 43.1 Å². The van der Waals surface area contributed by atoms with E-state index in [0.29, 0.717) is 21.5 Å². The summed E-state index contributed by atoms with van der Waals surface area (Å²) in [5, 5.41) is 5.35. The van der Waals surface area contributed by atoms with Crippen LogP contribution in [0.2, 0.25) is 0 Å². The average Bonchev–Trinajstić information content (AvgIpc) is 2.99. The Balaban J connectivity index is 1.40. The highest BCUT2D eigenvalue weighted by Gasteiger charge is 2.23. The van der Waals surface area contributed by atoms with Crippen LogP contribution in [-0.4, -0.2) is 11.9 Å². The molecule has 42 heavy (non-hydrogen) atoms. The smallest absolute Gasteiger partial charge is 0.344 e. The van der Waals surface area contributed by atoms with Gasteiger partial charge in [-0.2, -0.15) is 4.39 Å². The largest absolute Gasteiger partial charge is 0.417 e. The zero-order valence-corrected chi connectivity index (χ0v) is 21.2. The molecule has 4 nitrogen and oxygen atoms in total. The third-order valence-corrected chi connectivity index (χ3v) is 7.21. The van der Waals surface area contributed by atoms with Crippen LogP contribution in [0.4, 0.5) is 17.6 Å². The lowest BCUT2D eigenvalue weighted by molar-refractivity contribution is 0.0713. The molecule has 0 aliphatic rings. The Morgan fingerprint density at radius 2 is 0.976 bits per heavy atom. The number of hydrogen-bond donors (Lipinski definition) is 0. The van der Waals surface area contributed by atoms with E-state index in [4.69, 9.17) is 9.47 Å². The van der Waals surface area contributed by atoms with E-state index in [9.17, 15) is 27.2 Å². The lowest BCUT2D eigenvalue weighted by Gasteiger charge is -2.17. The molecule has 0 aliphatic carbocycles. The fourth-order valence-corrected chi connectivity index (χ4v) is 5.43. The molecule has 7 rings (SSSR count). The number of halogens is 4. The van der Waals surface area contributed by atoms with Gasteiger partial charge < -0.3 is 9.47 Å². The van der Waals surface area contributed by atoms with Crippen LogP contribution in [0.3, 0.4) is 0 Å². The quantitative estimate of drug-likeness (QED) is 0.0712. The predicted octanol–water partition coefficient (Wildman–Crippen LogP) is 8.33. The van der Waals surface area contributed by atoms with Crippen molar-refractivity contribution >= 4 is 55.0 Å². The lowest BCUT2D eigenvalue weighted by Crippen LogP contribution is -2.12. The molecule has 0 N–H and O–H groups in total. The zero-order chi connectivity index (χ0) is 29.1. The molecule has 0 saturated heterocycles. The standard InChI is InChI=1S/C34H14F4O4/c35-25-9-3-10-26(36)31(25)41-33(39)23-15-14-22-18-6-2-8-20-24(34(40)42-32-27(37)11-4-12-28(32)38)16-13-21(30(18)20)17-5-1-7-19(23)29(17)22/h1-3,5-11,13-16H. The molecule has 7 aromatic rings. The van der Waals surface area contributed by atoms with E-state index in [1.807, 2.05) is 18.2 Å². The number of rotatable bonds is 4. The number of esters is 2. The highest BCUT2D eigenvalue weighted by molar-refractivity contribution is 6.35. The molecule has 7 aromatic carbocycles. The fraction of sp³-hybridized carbons (Fsp3) is 0. The van der Waals surface area contributed by atoms with Gasteiger partial charge in [-0.25, -0.2) is 22.8 Å². The van der Waals surface area contributed by atoms with E-state index < -0.39 is 46.7 Å². The lowest BCUT2D eigenvalue weighted by atomic mass is 9.87. The van der Waals surface area contributed by atoms with Gasteiger partial charge in [0.25, 0.3) is 0 Å². The van der Waals surface area contributed by atoms with Crippen molar-refractivity contribution in [2.24, 2.45) is 0 Å². The van der Waals surface area contributed by atoms with Crippen molar-refractivity contribution in [3.8, 4) is 11.5 Å². The minimum atomic E-state index is -1.18. The SMILES string of the molecule is O=C(Oc1c(F)c#ccc1F)c1ccc2c3cccc4c(C(=O)Oc5c(F)cccc5F)ccc(c5cccc1c25)c43. The normalized spacial score (nSPS) is 11.3. The third kappa shape index (κ3) is 3.79. The first-order valence-electron chi connectivity index (χ1n) is 12.6. The highest BCUT2D eigenvalue weighted by Crippen LogP contribution is 2.42. The van der Waals surface area contributed by atoms with Gasteiger partial charge in [0.15, 0.2) is 17.5 Å². The molecule has 0 unspecified atom stereocenters. The van der Waals surface area contributed by atoms with Gasteiger partial charge >= 0.3 is 11.9 Å². The van der Waals surface area contributed by atoms with E-state index in [0.717, 1.165) is 39.7 Å². The summed E-state index contributed by atoms with van der Waals surface area (Å²) in [5.74, 6) is -7.83. The van der Waals surface area contributed by atoms with Crippen molar-refractivity contribution in [1.82, 2.24) is 0 Å². The maximum atomic E-state index is 14.2. The van der Waals surface area contributed by atoms with Crippen LogP contribution < -0.4 is 9.47 Å². The Labute approximate surface area is 234 Å². The predicted molar refractivity (Wildman–Crippen MR) is 148 cm³/mol. The first-order valence-corrected chi connectivity index (χ1v) is 12.6. The van der Waals surface area contributed by atoms with Gasteiger partial charge in [-0.15, -0.1) is 0 Å². The third-order valence-electron chi connectivity index (χ3n) is 7.21. The molecule has 0 fully saturated rings. The van der Waals surface area contributed by atoms with Crippen molar-refractivity contribution in [2.75, 3.05) is 0 Å². The second-order valence-corrected chi connectivity index (χ2v) is 9.51. The molecule has 0 radical (unpaired) electrons. The second kappa shape index (κ2) is 9.46. The van der Waals surface area contributed by atoms with Gasteiger partial charge in [-0.1, -0.05) is 60.7 Å². The minimum Gasteiger partial charge on any atom is -0.417 e. The van der Waals surface area contributed by atoms with Gasteiger partial charge in [-0.05, 0) is 73.4 Å². The van der Waals surface area contributed by atoms with Crippen LogP contribution in [-0.2, 0) is 0 Å². The average molecular weight is 562 g/mol. The zero-order valence-electron chi connectivity index (χ0n) is 21.2. The number of benzene rings is 6. The molecule has 202 valence electrons. The van der Waals surface area contributed by atoms with Crippen molar-refractivity contribution in [2.45, 2.75) is 0 Å². The molecular formula is C34H14F4O4. The van der Waals surface area contributed by atoms with Crippen LogP contribution in [0.1, 0.15) is 20.7 Å². The van der Waals surface area contributed by atoms with Crippen molar-refractivity contribution < 1.29 is 36.6 Å². The van der Waals surface area contributed by atoms with Gasteiger partial charge in [0, 0.05) is 6.07 Å². The minimum absolute atomic E-state index is 0.0879. The van der Waals surface area contributed by atoms with Gasteiger partial charge in [-0.3, -0.25) is 0 Å². The maximum absolute atomic E-state index is 14.2. The van der Waals surface area contributed by atoms with Gasteiger partial charge in [0.05, 0.1) is 11.1 Å². The Kier molecular flexibility index (Phi) is 5.70. The molecule has 0 spiro atoms. The second-order valence-electron chi connectivity index (χ2n) is 9.51. The summed E-state index contributed by atoms with van der Waals surface area (Å²) >= 11 is 0. The number of carbonyl (C=O) groups excluding carboxylic acids is 2. The molecule has 0 atom stereocenters. The first kappa shape index (κ1) is 25.3. The molecular weight excluding hydrogens is 548 g/mol. The number of ether oxygens (including phenoxy) is 2. The summed E-state index contributed by atoms with van der Waals surface area (Å²) in [6, 6.07) is 25.2. The number of para-hydroxylation sites is 1. The van der Waals surface area contributed by atoms with E-state index >= 15 is 0 Å². The van der Waals surface area contributed by atoms with E-state index in [1.54, 1.807) is 36.4 Å². The molecule has 0 bridgehead atoms. The molecule has 0 aliphatic heterocycles. The molecule has 8 heteroatoms. The number of fused-ring (bicyclic) bond motifs is 2. The highest BCUT2D eigenvalue weighted by atomic mass is 19.1. The van der Waals surface area contributed by atoms with Crippen LogP contribution in [0, 0.1) is 35.4 Å².